The summed E-state index contributed by atoms with van der Waals surface area (Å²) < 4.78 is 67.0. The Morgan fingerprint density at radius 2 is 1.81 bits per heavy atom. The molecule has 3 aromatic rings. The molecule has 0 saturated carbocycles. The molecule has 0 aromatic carbocycles. The van der Waals surface area contributed by atoms with Gasteiger partial charge in [0.05, 0.1) is 18.1 Å². The van der Waals surface area contributed by atoms with Crippen molar-refractivity contribution in [1.29, 1.82) is 0 Å². The second-order valence-corrected chi connectivity index (χ2v) is 8.18. The molecule has 5 rings (SSSR count). The SMILES string of the molecule is FC(F)Cn1ncc2ncc(N3CC4CCN(c5cccnc5C(F)(F)F)CC4C3)nc21. The van der Waals surface area contributed by atoms with Crippen molar-refractivity contribution in [2.45, 2.75) is 25.6 Å². The summed E-state index contributed by atoms with van der Waals surface area (Å²) in [5.74, 6) is 1.01. The van der Waals surface area contributed by atoms with Crippen molar-refractivity contribution >= 4 is 22.7 Å². The molecule has 0 aliphatic carbocycles. The van der Waals surface area contributed by atoms with Crippen molar-refractivity contribution < 1.29 is 22.0 Å². The molecular formula is C20H20F5N7. The van der Waals surface area contributed by atoms with Gasteiger partial charge < -0.3 is 9.80 Å². The highest BCUT2D eigenvalue weighted by Crippen LogP contribution is 2.39. The number of hydrogen-bond acceptors (Lipinski definition) is 6. The van der Waals surface area contributed by atoms with Crippen LogP contribution < -0.4 is 9.80 Å². The van der Waals surface area contributed by atoms with E-state index in [4.69, 9.17) is 0 Å². The van der Waals surface area contributed by atoms with E-state index in [1.54, 1.807) is 11.1 Å². The van der Waals surface area contributed by atoms with Gasteiger partial charge in [-0.05, 0) is 30.4 Å². The van der Waals surface area contributed by atoms with Crippen LogP contribution in [0.2, 0.25) is 0 Å². The van der Waals surface area contributed by atoms with Gasteiger partial charge in [0, 0.05) is 32.4 Å². The molecule has 32 heavy (non-hydrogen) atoms. The number of anilines is 2. The Kier molecular flexibility index (Phi) is 5.09. The van der Waals surface area contributed by atoms with Gasteiger partial charge >= 0.3 is 6.18 Å². The lowest BCUT2D eigenvalue weighted by Crippen LogP contribution is -2.41. The van der Waals surface area contributed by atoms with Crippen LogP contribution in [0.25, 0.3) is 11.2 Å². The lowest BCUT2D eigenvalue weighted by atomic mass is 9.88. The highest BCUT2D eigenvalue weighted by molar-refractivity contribution is 5.71. The molecule has 5 heterocycles. The van der Waals surface area contributed by atoms with Crippen LogP contribution in [0.15, 0.2) is 30.7 Å². The van der Waals surface area contributed by atoms with E-state index in [2.05, 4.69) is 20.1 Å². The molecule has 12 heteroatoms. The zero-order chi connectivity index (χ0) is 22.5. The van der Waals surface area contributed by atoms with Gasteiger partial charge in [-0.15, -0.1) is 0 Å². The zero-order valence-electron chi connectivity index (χ0n) is 16.9. The minimum atomic E-state index is -4.51. The third-order valence-electron chi connectivity index (χ3n) is 6.16. The number of rotatable bonds is 4. The van der Waals surface area contributed by atoms with Crippen LogP contribution in [0.1, 0.15) is 12.1 Å². The number of piperidine rings is 1. The summed E-state index contributed by atoms with van der Waals surface area (Å²) in [5.41, 5.74) is -0.0242. The van der Waals surface area contributed by atoms with Crippen LogP contribution >= 0.6 is 0 Å². The third kappa shape index (κ3) is 3.82. The highest BCUT2D eigenvalue weighted by Gasteiger charge is 2.41. The number of nitrogens with zero attached hydrogens (tertiary/aromatic N) is 7. The van der Waals surface area contributed by atoms with Crippen molar-refractivity contribution in [3.05, 3.63) is 36.4 Å². The Hall–Kier alpha value is -3.05. The molecular weight excluding hydrogens is 433 g/mol. The van der Waals surface area contributed by atoms with Gasteiger partial charge in [-0.25, -0.2) is 28.4 Å². The third-order valence-corrected chi connectivity index (χ3v) is 6.16. The Balaban J connectivity index is 1.35. The molecule has 0 N–H and O–H groups in total. The van der Waals surface area contributed by atoms with Crippen molar-refractivity contribution in [3.63, 3.8) is 0 Å². The van der Waals surface area contributed by atoms with E-state index in [1.165, 1.54) is 18.3 Å². The van der Waals surface area contributed by atoms with Crippen LogP contribution in [0, 0.1) is 11.8 Å². The Bertz CT molecular complexity index is 1120. The van der Waals surface area contributed by atoms with Crippen LogP contribution in [-0.4, -0.2) is 57.3 Å². The fourth-order valence-corrected chi connectivity index (χ4v) is 4.70. The molecule has 0 radical (unpaired) electrons. The maximum absolute atomic E-state index is 13.4. The minimum Gasteiger partial charge on any atom is -0.369 e. The predicted molar refractivity (Wildman–Crippen MR) is 107 cm³/mol. The number of pyridine rings is 1. The molecule has 0 amide bonds. The summed E-state index contributed by atoms with van der Waals surface area (Å²) in [5, 5.41) is 3.94. The van der Waals surface area contributed by atoms with E-state index in [0.29, 0.717) is 49.1 Å². The molecule has 7 nitrogen and oxygen atoms in total. The molecule has 2 fully saturated rings. The summed E-state index contributed by atoms with van der Waals surface area (Å²) in [6.45, 7) is 1.73. The van der Waals surface area contributed by atoms with E-state index < -0.39 is 24.8 Å². The van der Waals surface area contributed by atoms with Gasteiger partial charge in [-0.1, -0.05) is 0 Å². The maximum atomic E-state index is 13.4. The van der Waals surface area contributed by atoms with Crippen molar-refractivity contribution in [2.24, 2.45) is 11.8 Å². The number of alkyl halides is 5. The largest absolute Gasteiger partial charge is 0.435 e. The molecule has 2 aliphatic heterocycles. The van der Waals surface area contributed by atoms with Crippen molar-refractivity contribution in [3.8, 4) is 0 Å². The fraction of sp³-hybridized carbons (Fsp3) is 0.500. The summed E-state index contributed by atoms with van der Waals surface area (Å²) in [4.78, 5) is 16.2. The van der Waals surface area contributed by atoms with Gasteiger partial charge in [0.1, 0.15) is 17.9 Å². The first-order valence-electron chi connectivity index (χ1n) is 10.3. The molecule has 2 saturated heterocycles. The van der Waals surface area contributed by atoms with Gasteiger partial charge in [0.25, 0.3) is 6.43 Å². The Labute approximate surface area is 179 Å². The van der Waals surface area contributed by atoms with Gasteiger partial charge in [0.15, 0.2) is 11.3 Å². The van der Waals surface area contributed by atoms with Crippen molar-refractivity contribution in [2.75, 3.05) is 36.0 Å². The molecule has 2 aliphatic rings. The van der Waals surface area contributed by atoms with E-state index in [-0.39, 0.29) is 11.6 Å². The summed E-state index contributed by atoms with van der Waals surface area (Å²) in [6.07, 6.45) is -2.17. The average molecular weight is 453 g/mol. The molecule has 170 valence electrons. The normalized spacial score (nSPS) is 21.6. The molecule has 0 bridgehead atoms. The summed E-state index contributed by atoms with van der Waals surface area (Å²) in [6, 6.07) is 2.98. The zero-order valence-corrected chi connectivity index (χ0v) is 16.9. The Morgan fingerprint density at radius 3 is 2.59 bits per heavy atom. The van der Waals surface area contributed by atoms with Gasteiger partial charge in [-0.3, -0.25) is 0 Å². The summed E-state index contributed by atoms with van der Waals surface area (Å²) >= 11 is 0. The monoisotopic (exact) mass is 453 g/mol. The number of halogens is 5. The van der Waals surface area contributed by atoms with Crippen LogP contribution in [-0.2, 0) is 12.7 Å². The van der Waals surface area contributed by atoms with E-state index in [0.717, 1.165) is 17.3 Å². The van der Waals surface area contributed by atoms with E-state index in [1.807, 2.05) is 4.90 Å². The predicted octanol–water partition coefficient (Wildman–Crippen LogP) is 3.47. The molecule has 0 spiro atoms. The second kappa shape index (κ2) is 7.82. The van der Waals surface area contributed by atoms with Gasteiger partial charge in [-0.2, -0.15) is 18.3 Å². The lowest BCUT2D eigenvalue weighted by molar-refractivity contribution is -0.140. The highest BCUT2D eigenvalue weighted by atomic mass is 19.4. The van der Waals surface area contributed by atoms with Gasteiger partial charge in [0.2, 0.25) is 0 Å². The van der Waals surface area contributed by atoms with Crippen LogP contribution in [0.5, 0.6) is 0 Å². The summed E-state index contributed by atoms with van der Waals surface area (Å²) in [7, 11) is 0. The quantitative estimate of drug-likeness (QED) is 0.564. The standard InChI is InChI=1S/C20H20F5N7/c21-16(22)11-32-19-14(6-28-32)27-7-17(29-19)31-8-12-3-5-30(9-13(12)10-31)15-2-1-4-26-18(15)20(23,24)25/h1-2,4,6-7,12-13,16H,3,5,8-11H2. The van der Waals surface area contributed by atoms with E-state index >= 15 is 0 Å². The average Bonchev–Trinajstić information content (AvgIpc) is 3.36. The van der Waals surface area contributed by atoms with Crippen molar-refractivity contribution in [1.82, 2.24) is 24.7 Å². The number of aromatic nitrogens is 5. The first kappa shape index (κ1) is 20.8. The first-order chi connectivity index (χ1) is 15.3. The molecule has 2 atom stereocenters. The minimum absolute atomic E-state index is 0.106. The lowest BCUT2D eigenvalue weighted by Gasteiger charge is -2.36. The number of hydrogen-bond donors (Lipinski definition) is 0. The smallest absolute Gasteiger partial charge is 0.369 e. The first-order valence-corrected chi connectivity index (χ1v) is 10.3. The van der Waals surface area contributed by atoms with E-state index in [9.17, 15) is 22.0 Å². The fourth-order valence-electron chi connectivity index (χ4n) is 4.70. The van der Waals surface area contributed by atoms with Crippen LogP contribution in [0.4, 0.5) is 33.5 Å². The second-order valence-electron chi connectivity index (χ2n) is 8.18. The van der Waals surface area contributed by atoms with Crippen LogP contribution in [0.3, 0.4) is 0 Å². The number of fused-ring (bicyclic) bond motifs is 2. The molecule has 3 aromatic heterocycles. The topological polar surface area (TPSA) is 63.0 Å². The molecule has 2 unspecified atom stereocenters. The maximum Gasteiger partial charge on any atom is 0.435 e. The Morgan fingerprint density at radius 1 is 1.03 bits per heavy atom.